The zero-order valence-electron chi connectivity index (χ0n) is 13.4. The SMILES string of the molecule is COCC(O)CCNC(=O)NCC(C)(C)c1ccccc1Cl. The van der Waals surface area contributed by atoms with Gasteiger partial charge in [-0.2, -0.15) is 0 Å². The van der Waals surface area contributed by atoms with Crippen molar-refractivity contribution >= 4 is 17.6 Å². The van der Waals surface area contributed by atoms with Gasteiger partial charge in [0.1, 0.15) is 0 Å². The number of carbonyl (C=O) groups excluding carboxylic acids is 1. The number of amides is 2. The lowest BCUT2D eigenvalue weighted by Gasteiger charge is -2.26. The van der Waals surface area contributed by atoms with Gasteiger partial charge in [-0.05, 0) is 18.1 Å². The van der Waals surface area contributed by atoms with E-state index in [2.05, 4.69) is 10.6 Å². The van der Waals surface area contributed by atoms with Crippen LogP contribution < -0.4 is 10.6 Å². The summed E-state index contributed by atoms with van der Waals surface area (Å²) in [5.41, 5.74) is 0.720. The summed E-state index contributed by atoms with van der Waals surface area (Å²) in [6, 6.07) is 7.36. The first-order valence-corrected chi connectivity index (χ1v) is 7.68. The third-order valence-corrected chi connectivity index (χ3v) is 3.75. The second kappa shape index (κ2) is 8.98. The molecule has 0 aliphatic heterocycles. The molecule has 22 heavy (non-hydrogen) atoms. The molecule has 2 amide bonds. The Kier molecular flexibility index (Phi) is 7.65. The number of methoxy groups -OCH3 is 1. The first-order valence-electron chi connectivity index (χ1n) is 7.30. The van der Waals surface area contributed by atoms with Gasteiger partial charge in [0.2, 0.25) is 0 Å². The second-order valence-corrected chi connectivity index (χ2v) is 6.28. The number of carbonyl (C=O) groups is 1. The van der Waals surface area contributed by atoms with E-state index in [1.807, 2.05) is 38.1 Å². The predicted molar refractivity (Wildman–Crippen MR) is 88.4 cm³/mol. The Morgan fingerprint density at radius 3 is 2.68 bits per heavy atom. The van der Waals surface area contributed by atoms with Crippen molar-refractivity contribution in [3.63, 3.8) is 0 Å². The fourth-order valence-corrected chi connectivity index (χ4v) is 2.49. The molecular formula is C16H25ClN2O3. The average Bonchev–Trinajstić information content (AvgIpc) is 2.46. The van der Waals surface area contributed by atoms with Crippen LogP contribution >= 0.6 is 11.6 Å². The molecule has 5 nitrogen and oxygen atoms in total. The maximum atomic E-state index is 11.8. The van der Waals surface area contributed by atoms with E-state index in [0.717, 1.165) is 5.56 Å². The minimum atomic E-state index is -0.565. The summed E-state index contributed by atoms with van der Waals surface area (Å²) in [4.78, 5) is 11.8. The number of hydrogen-bond donors (Lipinski definition) is 3. The van der Waals surface area contributed by atoms with Crippen molar-refractivity contribution in [3.8, 4) is 0 Å². The molecule has 0 bridgehead atoms. The van der Waals surface area contributed by atoms with Crippen LogP contribution in [0.15, 0.2) is 24.3 Å². The third-order valence-electron chi connectivity index (χ3n) is 3.42. The summed E-state index contributed by atoms with van der Waals surface area (Å²) in [5, 5.41) is 15.7. The highest BCUT2D eigenvalue weighted by Crippen LogP contribution is 2.28. The van der Waals surface area contributed by atoms with Crippen LogP contribution in [-0.2, 0) is 10.2 Å². The fraction of sp³-hybridized carbons (Fsp3) is 0.562. The summed E-state index contributed by atoms with van der Waals surface area (Å²) in [6.45, 7) is 5.17. The molecule has 1 aromatic rings. The van der Waals surface area contributed by atoms with Crippen molar-refractivity contribution in [2.24, 2.45) is 0 Å². The lowest BCUT2D eigenvalue weighted by Crippen LogP contribution is -2.43. The Balaban J connectivity index is 2.38. The Morgan fingerprint density at radius 2 is 2.05 bits per heavy atom. The van der Waals surface area contributed by atoms with Crippen LogP contribution in [0.4, 0.5) is 4.79 Å². The Labute approximate surface area is 137 Å². The Bertz CT molecular complexity index is 480. The highest BCUT2D eigenvalue weighted by molar-refractivity contribution is 6.31. The van der Waals surface area contributed by atoms with Gasteiger partial charge in [0, 0.05) is 30.6 Å². The molecule has 0 aromatic heterocycles. The average molecular weight is 329 g/mol. The number of urea groups is 1. The number of aliphatic hydroxyl groups excluding tert-OH is 1. The molecule has 0 radical (unpaired) electrons. The standard InChI is InChI=1S/C16H25ClN2O3/c1-16(2,13-6-4-5-7-14(13)17)11-19-15(21)18-9-8-12(20)10-22-3/h4-7,12,20H,8-11H2,1-3H3,(H2,18,19,21). The number of aliphatic hydroxyl groups is 1. The van der Waals surface area contributed by atoms with E-state index < -0.39 is 6.10 Å². The maximum absolute atomic E-state index is 11.8. The molecule has 0 aliphatic carbocycles. The summed E-state index contributed by atoms with van der Waals surface area (Å²) < 4.78 is 4.82. The van der Waals surface area contributed by atoms with Crippen molar-refractivity contribution in [3.05, 3.63) is 34.9 Å². The number of benzene rings is 1. The molecule has 124 valence electrons. The molecule has 1 atom stereocenters. The molecule has 0 spiro atoms. The van der Waals surface area contributed by atoms with Gasteiger partial charge in [-0.3, -0.25) is 0 Å². The van der Waals surface area contributed by atoms with Crippen LogP contribution in [0.1, 0.15) is 25.8 Å². The maximum Gasteiger partial charge on any atom is 0.314 e. The molecule has 0 saturated carbocycles. The second-order valence-electron chi connectivity index (χ2n) is 5.87. The molecule has 1 unspecified atom stereocenters. The van der Waals surface area contributed by atoms with Crippen molar-refractivity contribution in [1.82, 2.24) is 10.6 Å². The minimum Gasteiger partial charge on any atom is -0.391 e. The zero-order chi connectivity index (χ0) is 16.6. The fourth-order valence-electron chi connectivity index (χ4n) is 2.10. The topological polar surface area (TPSA) is 70.6 Å². The lowest BCUT2D eigenvalue weighted by molar-refractivity contribution is 0.0598. The van der Waals surface area contributed by atoms with Gasteiger partial charge >= 0.3 is 6.03 Å². The summed E-state index contributed by atoms with van der Waals surface area (Å²) in [5.74, 6) is 0. The van der Waals surface area contributed by atoms with Crippen molar-refractivity contribution in [1.29, 1.82) is 0 Å². The largest absolute Gasteiger partial charge is 0.391 e. The molecule has 1 aromatic carbocycles. The number of rotatable bonds is 8. The highest BCUT2D eigenvalue weighted by Gasteiger charge is 2.23. The van der Waals surface area contributed by atoms with Crippen molar-refractivity contribution < 1.29 is 14.6 Å². The molecule has 3 N–H and O–H groups in total. The molecular weight excluding hydrogens is 304 g/mol. The molecule has 0 fully saturated rings. The third kappa shape index (κ3) is 6.22. The quantitative estimate of drug-likeness (QED) is 0.686. The first-order chi connectivity index (χ1) is 10.4. The highest BCUT2D eigenvalue weighted by atomic mass is 35.5. The van der Waals surface area contributed by atoms with Crippen LogP contribution in [0.3, 0.4) is 0 Å². The van der Waals surface area contributed by atoms with Gasteiger partial charge in [0.05, 0.1) is 12.7 Å². The van der Waals surface area contributed by atoms with Crippen LogP contribution in [0.25, 0.3) is 0 Å². The summed E-state index contributed by atoms with van der Waals surface area (Å²) >= 11 is 6.20. The van der Waals surface area contributed by atoms with Crippen LogP contribution in [0.2, 0.25) is 5.02 Å². The molecule has 6 heteroatoms. The zero-order valence-corrected chi connectivity index (χ0v) is 14.1. The normalized spacial score (nSPS) is 12.8. The minimum absolute atomic E-state index is 0.259. The van der Waals surface area contributed by atoms with Gasteiger partial charge in [-0.15, -0.1) is 0 Å². The predicted octanol–water partition coefficient (Wildman–Crippen LogP) is 2.31. The van der Waals surface area contributed by atoms with E-state index in [1.54, 1.807) is 0 Å². The molecule has 1 rings (SSSR count). The van der Waals surface area contributed by atoms with E-state index >= 15 is 0 Å². The lowest BCUT2D eigenvalue weighted by atomic mass is 9.84. The van der Waals surface area contributed by atoms with Gasteiger partial charge in [-0.1, -0.05) is 43.6 Å². The van der Waals surface area contributed by atoms with Crippen LogP contribution in [0, 0.1) is 0 Å². The van der Waals surface area contributed by atoms with Crippen LogP contribution in [-0.4, -0.2) is 44.0 Å². The monoisotopic (exact) mass is 328 g/mol. The van der Waals surface area contributed by atoms with Gasteiger partial charge in [0.25, 0.3) is 0 Å². The number of ether oxygens (including phenoxy) is 1. The van der Waals surface area contributed by atoms with E-state index in [4.69, 9.17) is 16.3 Å². The summed E-state index contributed by atoms with van der Waals surface area (Å²) in [7, 11) is 1.53. The first kappa shape index (κ1) is 18.7. The number of nitrogens with one attached hydrogen (secondary N) is 2. The van der Waals surface area contributed by atoms with Gasteiger partial charge < -0.3 is 20.5 Å². The number of hydrogen-bond acceptors (Lipinski definition) is 3. The van der Waals surface area contributed by atoms with E-state index in [-0.39, 0.29) is 18.1 Å². The Morgan fingerprint density at radius 1 is 1.36 bits per heavy atom. The Hall–Kier alpha value is -1.30. The van der Waals surface area contributed by atoms with Gasteiger partial charge in [0.15, 0.2) is 0 Å². The van der Waals surface area contributed by atoms with E-state index in [9.17, 15) is 9.90 Å². The van der Waals surface area contributed by atoms with E-state index in [0.29, 0.717) is 24.5 Å². The molecule has 0 heterocycles. The van der Waals surface area contributed by atoms with Crippen molar-refractivity contribution in [2.45, 2.75) is 31.8 Å². The van der Waals surface area contributed by atoms with Gasteiger partial charge in [-0.25, -0.2) is 4.79 Å². The smallest absolute Gasteiger partial charge is 0.314 e. The molecule has 0 saturated heterocycles. The molecule has 0 aliphatic rings. The number of halogens is 1. The van der Waals surface area contributed by atoms with E-state index in [1.165, 1.54) is 7.11 Å². The van der Waals surface area contributed by atoms with Crippen molar-refractivity contribution in [2.75, 3.05) is 26.8 Å². The summed E-state index contributed by atoms with van der Waals surface area (Å²) in [6.07, 6.45) is -0.111. The van der Waals surface area contributed by atoms with Crippen LogP contribution in [0.5, 0.6) is 0 Å².